The van der Waals surface area contributed by atoms with E-state index in [1.807, 2.05) is 0 Å². The number of hydrogen-bond acceptors (Lipinski definition) is 3. The third kappa shape index (κ3) is 3.75. The van der Waals surface area contributed by atoms with Gasteiger partial charge in [-0.1, -0.05) is 40.5 Å². The fourth-order valence-corrected chi connectivity index (χ4v) is 2.42. The number of methoxy groups -OCH3 is 1. The Balaban J connectivity index is 3.08. The van der Waals surface area contributed by atoms with Gasteiger partial charge in [-0.25, -0.2) is 4.79 Å². The predicted molar refractivity (Wildman–Crippen MR) is 81.2 cm³/mol. The van der Waals surface area contributed by atoms with Crippen LogP contribution in [0.5, 0.6) is 5.75 Å². The smallest absolute Gasteiger partial charge is 0.337 e. The summed E-state index contributed by atoms with van der Waals surface area (Å²) in [7, 11) is 1.36. The maximum atomic E-state index is 11.6. The summed E-state index contributed by atoms with van der Waals surface area (Å²) in [5.74, 6) is 0.0400. The Morgan fingerprint density at radius 2 is 2.05 bits per heavy atom. The van der Waals surface area contributed by atoms with E-state index in [-0.39, 0.29) is 23.1 Å². The van der Waals surface area contributed by atoms with Gasteiger partial charge in [0.05, 0.1) is 12.7 Å². The molecule has 1 aromatic rings. The summed E-state index contributed by atoms with van der Waals surface area (Å²) in [5, 5.41) is 10.1. The van der Waals surface area contributed by atoms with Gasteiger partial charge in [0.2, 0.25) is 0 Å². The molecular weight excluding hydrogens is 252 g/mol. The maximum absolute atomic E-state index is 11.6. The molecule has 3 heteroatoms. The number of hydrogen-bond donors (Lipinski definition) is 1. The van der Waals surface area contributed by atoms with E-state index in [4.69, 9.17) is 4.74 Å². The molecule has 1 rings (SSSR count). The van der Waals surface area contributed by atoms with Gasteiger partial charge in [0, 0.05) is 0 Å². The molecule has 1 unspecified atom stereocenters. The van der Waals surface area contributed by atoms with Crippen molar-refractivity contribution in [2.24, 2.45) is 5.41 Å². The number of carbonyl (C=O) groups is 1. The van der Waals surface area contributed by atoms with Crippen molar-refractivity contribution in [3.63, 3.8) is 0 Å². The Morgan fingerprint density at radius 3 is 2.60 bits per heavy atom. The number of unbranched alkanes of at least 4 members (excludes halogenated alkanes) is 1. The molecule has 0 bridgehead atoms. The van der Waals surface area contributed by atoms with Crippen LogP contribution in [-0.2, 0) is 4.74 Å². The van der Waals surface area contributed by atoms with E-state index in [9.17, 15) is 9.90 Å². The average molecular weight is 278 g/mol. The Labute approximate surface area is 122 Å². The normalized spacial score (nSPS) is 13.1. The molecule has 0 spiro atoms. The van der Waals surface area contributed by atoms with Gasteiger partial charge < -0.3 is 9.84 Å². The van der Waals surface area contributed by atoms with Gasteiger partial charge in [0.25, 0.3) is 0 Å². The highest BCUT2D eigenvalue weighted by molar-refractivity contribution is 5.89. The van der Waals surface area contributed by atoms with Crippen LogP contribution in [0, 0.1) is 5.41 Å². The lowest BCUT2D eigenvalue weighted by molar-refractivity contribution is 0.0600. The van der Waals surface area contributed by atoms with Crippen LogP contribution in [0.25, 0.3) is 0 Å². The Kier molecular flexibility index (Phi) is 5.61. The summed E-state index contributed by atoms with van der Waals surface area (Å²) in [4.78, 5) is 11.6. The van der Waals surface area contributed by atoms with Crippen molar-refractivity contribution in [1.29, 1.82) is 0 Å². The highest BCUT2D eigenvalue weighted by Crippen LogP contribution is 2.42. The number of aromatic hydroxyl groups is 1. The van der Waals surface area contributed by atoms with E-state index in [0.29, 0.717) is 5.56 Å². The molecule has 1 aromatic carbocycles. The number of phenols is 1. The Morgan fingerprint density at radius 1 is 1.40 bits per heavy atom. The van der Waals surface area contributed by atoms with Crippen LogP contribution in [0.3, 0.4) is 0 Å². The minimum atomic E-state index is -0.371. The van der Waals surface area contributed by atoms with E-state index in [1.165, 1.54) is 7.11 Å². The molecule has 0 heterocycles. The molecule has 20 heavy (non-hydrogen) atoms. The summed E-state index contributed by atoms with van der Waals surface area (Å²) in [6, 6.07) is 4.92. The van der Waals surface area contributed by atoms with Crippen LogP contribution < -0.4 is 0 Å². The number of phenolic OH excluding ortho intramolecular Hbond substituents is 1. The third-order valence-electron chi connectivity index (χ3n) is 4.26. The van der Waals surface area contributed by atoms with Gasteiger partial charge in [-0.2, -0.15) is 0 Å². The van der Waals surface area contributed by atoms with E-state index in [0.717, 1.165) is 24.8 Å². The average Bonchev–Trinajstić information content (AvgIpc) is 2.44. The molecule has 3 nitrogen and oxygen atoms in total. The first-order valence-corrected chi connectivity index (χ1v) is 7.24. The lowest BCUT2D eigenvalue weighted by Gasteiger charge is -2.33. The molecule has 0 radical (unpaired) electrons. The number of ether oxygens (including phenoxy) is 1. The van der Waals surface area contributed by atoms with Gasteiger partial charge in [0.15, 0.2) is 0 Å². The van der Waals surface area contributed by atoms with Gasteiger partial charge >= 0.3 is 5.97 Å². The number of benzene rings is 1. The highest BCUT2D eigenvalue weighted by Gasteiger charge is 2.28. The van der Waals surface area contributed by atoms with Crippen molar-refractivity contribution in [1.82, 2.24) is 0 Å². The van der Waals surface area contributed by atoms with Crippen molar-refractivity contribution < 1.29 is 14.6 Å². The third-order valence-corrected chi connectivity index (χ3v) is 4.26. The zero-order valence-corrected chi connectivity index (χ0v) is 13.2. The first-order valence-electron chi connectivity index (χ1n) is 7.24. The standard InChI is InChI=1S/C17H26O3/c1-6-7-10-17(3,4)12(2)14-11-13(16(19)20-5)8-9-15(14)18/h8-9,11-12,18H,6-7,10H2,1-5H3. The van der Waals surface area contributed by atoms with Crippen LogP contribution in [-0.4, -0.2) is 18.2 Å². The number of carbonyl (C=O) groups excluding carboxylic acids is 1. The molecule has 0 aliphatic heterocycles. The monoisotopic (exact) mass is 278 g/mol. The van der Waals surface area contributed by atoms with Gasteiger partial charge in [-0.05, 0) is 41.5 Å². The van der Waals surface area contributed by atoms with Gasteiger partial charge in [-0.15, -0.1) is 0 Å². The van der Waals surface area contributed by atoms with Crippen molar-refractivity contribution in [2.75, 3.05) is 7.11 Å². The molecule has 0 saturated carbocycles. The lowest BCUT2D eigenvalue weighted by Crippen LogP contribution is -2.20. The largest absolute Gasteiger partial charge is 0.508 e. The molecule has 0 amide bonds. The van der Waals surface area contributed by atoms with E-state index < -0.39 is 0 Å². The molecule has 1 N–H and O–H groups in total. The molecule has 0 saturated heterocycles. The highest BCUT2D eigenvalue weighted by atomic mass is 16.5. The summed E-state index contributed by atoms with van der Waals surface area (Å²) in [6.45, 7) is 8.69. The van der Waals surface area contributed by atoms with Crippen LogP contribution in [0.1, 0.15) is 68.8 Å². The lowest BCUT2D eigenvalue weighted by atomic mass is 9.72. The topological polar surface area (TPSA) is 46.5 Å². The van der Waals surface area contributed by atoms with Crippen LogP contribution in [0.4, 0.5) is 0 Å². The summed E-state index contributed by atoms with van der Waals surface area (Å²) in [5.41, 5.74) is 1.37. The Hall–Kier alpha value is -1.51. The SMILES string of the molecule is CCCCC(C)(C)C(C)c1cc(C(=O)OC)ccc1O. The van der Waals surface area contributed by atoms with Crippen LogP contribution in [0.2, 0.25) is 0 Å². The van der Waals surface area contributed by atoms with Crippen LogP contribution >= 0.6 is 0 Å². The van der Waals surface area contributed by atoms with Crippen molar-refractivity contribution >= 4 is 5.97 Å². The summed E-state index contributed by atoms with van der Waals surface area (Å²) >= 11 is 0. The van der Waals surface area contributed by atoms with E-state index >= 15 is 0 Å². The molecular formula is C17H26O3. The van der Waals surface area contributed by atoms with Crippen molar-refractivity contribution in [3.05, 3.63) is 29.3 Å². The van der Waals surface area contributed by atoms with E-state index in [2.05, 4.69) is 27.7 Å². The summed E-state index contributed by atoms with van der Waals surface area (Å²) < 4.78 is 4.74. The maximum Gasteiger partial charge on any atom is 0.337 e. The Bertz CT molecular complexity index is 463. The second-order valence-corrected chi connectivity index (χ2v) is 6.08. The van der Waals surface area contributed by atoms with Crippen molar-refractivity contribution in [2.45, 2.75) is 52.9 Å². The zero-order valence-electron chi connectivity index (χ0n) is 13.2. The fourth-order valence-electron chi connectivity index (χ4n) is 2.42. The second-order valence-electron chi connectivity index (χ2n) is 6.08. The number of rotatable bonds is 6. The van der Waals surface area contributed by atoms with Gasteiger partial charge in [-0.3, -0.25) is 0 Å². The number of esters is 1. The molecule has 0 aliphatic carbocycles. The first-order chi connectivity index (χ1) is 9.33. The molecule has 0 aliphatic rings. The first kappa shape index (κ1) is 16.5. The van der Waals surface area contributed by atoms with Crippen LogP contribution in [0.15, 0.2) is 18.2 Å². The second kappa shape index (κ2) is 6.78. The van der Waals surface area contributed by atoms with E-state index in [1.54, 1.807) is 18.2 Å². The molecule has 112 valence electrons. The fraction of sp³-hybridized carbons (Fsp3) is 0.588. The summed E-state index contributed by atoms with van der Waals surface area (Å²) in [6.07, 6.45) is 3.41. The predicted octanol–water partition coefficient (Wildman–Crippen LogP) is 4.50. The molecule has 0 fully saturated rings. The van der Waals surface area contributed by atoms with Gasteiger partial charge in [0.1, 0.15) is 5.75 Å². The quantitative estimate of drug-likeness (QED) is 0.779. The minimum absolute atomic E-state index is 0.0717. The minimum Gasteiger partial charge on any atom is -0.508 e. The molecule has 0 aromatic heterocycles. The zero-order chi connectivity index (χ0) is 15.3. The molecule has 1 atom stereocenters. The van der Waals surface area contributed by atoms with Crippen molar-refractivity contribution in [3.8, 4) is 5.75 Å².